The normalized spacial score (nSPS) is 17.0. The number of carbonyl (C=O) groups is 2. The van der Waals surface area contributed by atoms with Crippen molar-refractivity contribution in [3.63, 3.8) is 0 Å². The molecule has 0 aliphatic heterocycles. The first-order chi connectivity index (χ1) is 15.1. The molecule has 1 atom stereocenters. The van der Waals surface area contributed by atoms with Gasteiger partial charge in [0.2, 0.25) is 0 Å². The molecule has 2 aromatic rings. The zero-order valence-electron chi connectivity index (χ0n) is 18.1. The lowest BCUT2D eigenvalue weighted by Crippen LogP contribution is -2.39. The third-order valence-electron chi connectivity index (χ3n) is 5.31. The van der Waals surface area contributed by atoms with Gasteiger partial charge in [-0.05, 0) is 49.5 Å². The highest BCUT2D eigenvalue weighted by atomic mass is 32.2. The van der Waals surface area contributed by atoms with E-state index >= 15 is 0 Å². The smallest absolute Gasteiger partial charge is 0.327 e. The van der Waals surface area contributed by atoms with E-state index in [2.05, 4.69) is 0 Å². The van der Waals surface area contributed by atoms with E-state index in [4.69, 9.17) is 14.2 Å². The fourth-order valence-corrected chi connectivity index (χ4v) is 5.00. The second kappa shape index (κ2) is 10.5. The Labute approximate surface area is 187 Å². The Kier molecular flexibility index (Phi) is 7.80. The molecule has 0 saturated heterocycles. The molecule has 5 nitrogen and oxygen atoms in total. The Balaban J connectivity index is 1.97. The number of methoxy groups -OCH3 is 1. The van der Waals surface area contributed by atoms with E-state index in [1.165, 1.54) is 0 Å². The molecule has 0 aromatic heterocycles. The van der Waals surface area contributed by atoms with Gasteiger partial charge in [-0.15, -0.1) is 11.8 Å². The van der Waals surface area contributed by atoms with Gasteiger partial charge in [-0.25, -0.2) is 0 Å². The van der Waals surface area contributed by atoms with E-state index in [0.717, 1.165) is 21.8 Å². The summed E-state index contributed by atoms with van der Waals surface area (Å²) in [5.74, 6) is 0.351. The lowest BCUT2D eigenvalue weighted by molar-refractivity contribution is -0.168. The van der Waals surface area contributed by atoms with Crippen molar-refractivity contribution in [2.24, 2.45) is 11.3 Å². The number of hydrogen-bond acceptors (Lipinski definition) is 6. The van der Waals surface area contributed by atoms with Crippen LogP contribution in [0.15, 0.2) is 65.6 Å². The molecule has 6 heteroatoms. The third kappa shape index (κ3) is 4.96. The lowest BCUT2D eigenvalue weighted by atomic mass is 9.85. The highest BCUT2D eigenvalue weighted by Crippen LogP contribution is 2.48. The Morgan fingerprint density at radius 1 is 0.968 bits per heavy atom. The number of ether oxygens (including phenoxy) is 3. The number of carbonyl (C=O) groups excluding carboxylic acids is 2. The number of allylic oxidation sites excluding steroid dienone is 1. The van der Waals surface area contributed by atoms with Gasteiger partial charge in [0.25, 0.3) is 0 Å². The summed E-state index contributed by atoms with van der Waals surface area (Å²) >= 11 is 1.65. The van der Waals surface area contributed by atoms with Crippen LogP contribution >= 0.6 is 11.8 Å². The quantitative estimate of drug-likeness (QED) is 0.311. The largest absolute Gasteiger partial charge is 0.496 e. The summed E-state index contributed by atoms with van der Waals surface area (Å²) in [6.07, 6.45) is 2.09. The summed E-state index contributed by atoms with van der Waals surface area (Å²) in [7, 11) is 1.65. The molecule has 1 aliphatic rings. The van der Waals surface area contributed by atoms with Crippen molar-refractivity contribution in [2.45, 2.75) is 25.2 Å². The number of esters is 2. The van der Waals surface area contributed by atoms with Crippen LogP contribution in [0.2, 0.25) is 0 Å². The minimum atomic E-state index is -1.43. The van der Waals surface area contributed by atoms with E-state index in [1.807, 2.05) is 54.6 Å². The zero-order valence-corrected chi connectivity index (χ0v) is 18.9. The van der Waals surface area contributed by atoms with Crippen LogP contribution in [-0.2, 0) is 19.1 Å². The SMILES string of the molecule is CCOC(=O)C1(C(=O)OCC)C=C(c2ccccc2)C(CSc2ccccc2OC)C1. The van der Waals surface area contributed by atoms with Crippen LogP contribution in [0.1, 0.15) is 25.8 Å². The van der Waals surface area contributed by atoms with Gasteiger partial charge < -0.3 is 14.2 Å². The number of benzene rings is 2. The zero-order chi connectivity index (χ0) is 22.3. The maximum absolute atomic E-state index is 13.0. The molecule has 2 aromatic carbocycles. The summed E-state index contributed by atoms with van der Waals surface area (Å²) in [4.78, 5) is 27.0. The molecular weight excluding hydrogens is 412 g/mol. The summed E-state index contributed by atoms with van der Waals surface area (Å²) in [5.41, 5.74) is 0.524. The topological polar surface area (TPSA) is 61.8 Å². The molecule has 0 radical (unpaired) electrons. The highest BCUT2D eigenvalue weighted by Gasteiger charge is 2.53. The van der Waals surface area contributed by atoms with Gasteiger partial charge in [-0.1, -0.05) is 48.5 Å². The number of thioether (sulfide) groups is 1. The summed E-state index contributed by atoms with van der Waals surface area (Å²) in [5, 5.41) is 0. The van der Waals surface area contributed by atoms with Crippen molar-refractivity contribution in [1.29, 1.82) is 0 Å². The first-order valence-corrected chi connectivity index (χ1v) is 11.4. The minimum absolute atomic E-state index is 0.0360. The van der Waals surface area contributed by atoms with Gasteiger partial charge in [-0.3, -0.25) is 9.59 Å². The maximum atomic E-state index is 13.0. The van der Waals surface area contributed by atoms with Crippen LogP contribution in [0.4, 0.5) is 0 Å². The predicted octanol–water partition coefficient (Wildman–Crippen LogP) is 5.00. The average Bonchev–Trinajstić information content (AvgIpc) is 3.20. The highest BCUT2D eigenvalue weighted by molar-refractivity contribution is 7.99. The first-order valence-electron chi connectivity index (χ1n) is 10.4. The van der Waals surface area contributed by atoms with Crippen molar-refractivity contribution < 1.29 is 23.8 Å². The Hall–Kier alpha value is -2.73. The van der Waals surface area contributed by atoms with Crippen LogP contribution in [-0.4, -0.2) is 38.0 Å². The standard InChI is InChI=1S/C25H28O5S/c1-4-29-23(26)25(24(27)30-5-2)15-19(20(16-25)18-11-7-6-8-12-18)17-31-22-14-10-9-13-21(22)28-3/h6-14,16,19H,4-5,15,17H2,1-3H3. The second-order valence-corrected chi connectivity index (χ2v) is 8.30. The van der Waals surface area contributed by atoms with Crippen LogP contribution in [0, 0.1) is 11.3 Å². The molecule has 164 valence electrons. The van der Waals surface area contributed by atoms with Gasteiger partial charge in [0.15, 0.2) is 5.41 Å². The number of rotatable bonds is 9. The molecule has 31 heavy (non-hydrogen) atoms. The van der Waals surface area contributed by atoms with Gasteiger partial charge in [0.05, 0.1) is 20.3 Å². The summed E-state index contributed by atoms with van der Waals surface area (Å²) < 4.78 is 16.1. The van der Waals surface area contributed by atoms with E-state index in [-0.39, 0.29) is 19.1 Å². The van der Waals surface area contributed by atoms with Crippen molar-refractivity contribution >= 4 is 29.3 Å². The number of para-hydroxylation sites is 1. The maximum Gasteiger partial charge on any atom is 0.327 e. The van der Waals surface area contributed by atoms with E-state index in [9.17, 15) is 9.59 Å². The molecule has 3 rings (SSSR count). The van der Waals surface area contributed by atoms with Crippen molar-refractivity contribution in [3.05, 3.63) is 66.2 Å². The van der Waals surface area contributed by atoms with Gasteiger partial charge in [0.1, 0.15) is 5.75 Å². The molecule has 0 heterocycles. The van der Waals surface area contributed by atoms with Crippen molar-refractivity contribution in [1.82, 2.24) is 0 Å². The fraction of sp³-hybridized carbons (Fsp3) is 0.360. The van der Waals surface area contributed by atoms with Gasteiger partial charge >= 0.3 is 11.9 Å². The third-order valence-corrected chi connectivity index (χ3v) is 6.52. The molecule has 1 aliphatic carbocycles. The minimum Gasteiger partial charge on any atom is -0.496 e. The monoisotopic (exact) mass is 440 g/mol. The van der Waals surface area contributed by atoms with Crippen LogP contribution in [0.3, 0.4) is 0 Å². The van der Waals surface area contributed by atoms with Gasteiger partial charge in [-0.2, -0.15) is 0 Å². The Morgan fingerprint density at radius 3 is 2.19 bits per heavy atom. The van der Waals surface area contributed by atoms with E-state index < -0.39 is 17.4 Å². The molecule has 1 unspecified atom stereocenters. The molecule has 0 spiro atoms. The van der Waals surface area contributed by atoms with Crippen molar-refractivity contribution in [2.75, 3.05) is 26.1 Å². The first kappa shape index (κ1) is 22.9. The fourth-order valence-electron chi connectivity index (χ4n) is 3.86. The lowest BCUT2D eigenvalue weighted by Gasteiger charge is -2.24. The van der Waals surface area contributed by atoms with Crippen LogP contribution < -0.4 is 4.74 Å². The molecule has 0 fully saturated rings. The van der Waals surface area contributed by atoms with Gasteiger partial charge in [0, 0.05) is 10.6 Å². The average molecular weight is 441 g/mol. The van der Waals surface area contributed by atoms with Crippen LogP contribution in [0.5, 0.6) is 5.75 Å². The molecule has 0 saturated carbocycles. The van der Waals surface area contributed by atoms with Crippen LogP contribution in [0.25, 0.3) is 5.57 Å². The second-order valence-electron chi connectivity index (χ2n) is 7.24. The summed E-state index contributed by atoms with van der Waals surface area (Å²) in [6.45, 7) is 3.88. The molecule has 0 amide bonds. The Morgan fingerprint density at radius 2 is 1.58 bits per heavy atom. The van der Waals surface area contributed by atoms with E-state index in [0.29, 0.717) is 12.2 Å². The predicted molar refractivity (Wildman–Crippen MR) is 122 cm³/mol. The molecular formula is C25H28O5S. The van der Waals surface area contributed by atoms with E-state index in [1.54, 1.807) is 38.8 Å². The number of hydrogen-bond donors (Lipinski definition) is 0. The van der Waals surface area contributed by atoms with Crippen molar-refractivity contribution in [3.8, 4) is 5.75 Å². The summed E-state index contributed by atoms with van der Waals surface area (Å²) in [6, 6.07) is 17.7. The molecule has 0 N–H and O–H groups in total. The Bertz CT molecular complexity index is 920. The molecule has 0 bridgehead atoms.